The van der Waals surface area contributed by atoms with Gasteiger partial charge in [-0.05, 0) is 44.0 Å². The number of hydrogen-bond donors (Lipinski definition) is 0. The molecule has 7 nitrogen and oxygen atoms in total. The molecule has 2 aliphatic heterocycles. The number of aryl methyl sites for hydroxylation is 1. The summed E-state index contributed by atoms with van der Waals surface area (Å²) >= 11 is 0. The summed E-state index contributed by atoms with van der Waals surface area (Å²) in [7, 11) is 0. The molecule has 2 fully saturated rings. The van der Waals surface area contributed by atoms with Gasteiger partial charge >= 0.3 is 0 Å². The van der Waals surface area contributed by atoms with Crippen molar-refractivity contribution >= 4 is 11.7 Å². The maximum absolute atomic E-state index is 13.0. The number of anilines is 1. The quantitative estimate of drug-likeness (QED) is 0.802. The van der Waals surface area contributed by atoms with Gasteiger partial charge in [0, 0.05) is 18.8 Å². The van der Waals surface area contributed by atoms with E-state index in [4.69, 9.17) is 4.74 Å². The highest BCUT2D eigenvalue weighted by Crippen LogP contribution is 2.31. The summed E-state index contributed by atoms with van der Waals surface area (Å²) in [6.07, 6.45) is 3.19. The Morgan fingerprint density at radius 1 is 1.21 bits per heavy atom. The number of carbonyl (C=O) groups is 1. The van der Waals surface area contributed by atoms with Gasteiger partial charge in [-0.2, -0.15) is 5.10 Å². The van der Waals surface area contributed by atoms with E-state index in [0.717, 1.165) is 37.1 Å². The van der Waals surface area contributed by atoms with Crippen molar-refractivity contribution < 1.29 is 13.9 Å². The van der Waals surface area contributed by atoms with E-state index in [1.165, 1.54) is 6.07 Å². The highest BCUT2D eigenvalue weighted by molar-refractivity contribution is 5.78. The number of rotatable bonds is 3. The molecule has 1 unspecified atom stereocenters. The van der Waals surface area contributed by atoms with Gasteiger partial charge in [0.1, 0.15) is 11.4 Å². The molecule has 4 heterocycles. The monoisotopic (exact) mass is 385 g/mol. The van der Waals surface area contributed by atoms with Crippen LogP contribution >= 0.6 is 0 Å². The topological polar surface area (TPSA) is 71.5 Å². The Morgan fingerprint density at radius 3 is 2.86 bits per heavy atom. The number of halogens is 1. The maximum Gasteiger partial charge on any atom is 0.228 e. The Labute approximate surface area is 163 Å². The van der Waals surface area contributed by atoms with E-state index in [-0.39, 0.29) is 12.3 Å². The molecule has 0 N–H and O–H groups in total. The summed E-state index contributed by atoms with van der Waals surface area (Å²) < 4.78 is 19.2. The molecule has 1 spiro atoms. The molecule has 1 amide bonds. The lowest BCUT2D eigenvalue weighted by molar-refractivity contribution is -0.151. The Bertz CT molecular complexity index is 825. The van der Waals surface area contributed by atoms with Crippen molar-refractivity contribution in [1.82, 2.24) is 20.1 Å². The fraction of sp³-hybridized carbons (Fsp3) is 0.500. The van der Waals surface area contributed by atoms with Crippen molar-refractivity contribution in [3.63, 3.8) is 0 Å². The first-order chi connectivity index (χ1) is 13.5. The second kappa shape index (κ2) is 7.79. The molecular formula is C20H24FN5O2. The van der Waals surface area contributed by atoms with E-state index in [9.17, 15) is 9.18 Å². The number of morpholine rings is 1. The summed E-state index contributed by atoms with van der Waals surface area (Å²) in [5.74, 6) is 0.435. The number of hydrogen-bond acceptors (Lipinski definition) is 6. The Hall–Kier alpha value is -2.61. The number of amides is 1. The number of carbonyl (C=O) groups excluding carboxylic acids is 1. The Morgan fingerprint density at radius 2 is 2.11 bits per heavy atom. The largest absolute Gasteiger partial charge is 0.369 e. The van der Waals surface area contributed by atoms with Crippen LogP contribution in [0, 0.1) is 12.7 Å². The van der Waals surface area contributed by atoms with Gasteiger partial charge in [-0.25, -0.2) is 4.39 Å². The predicted octanol–water partition coefficient (Wildman–Crippen LogP) is 1.76. The minimum absolute atomic E-state index is 0.00552. The molecule has 1 atom stereocenters. The van der Waals surface area contributed by atoms with E-state index in [1.54, 1.807) is 6.07 Å². The maximum atomic E-state index is 13.0. The Kier molecular flexibility index (Phi) is 5.21. The van der Waals surface area contributed by atoms with E-state index >= 15 is 0 Å². The molecule has 2 saturated heterocycles. The first kappa shape index (κ1) is 18.7. The van der Waals surface area contributed by atoms with Gasteiger partial charge in [0.15, 0.2) is 5.82 Å². The van der Waals surface area contributed by atoms with Crippen molar-refractivity contribution in [2.24, 2.45) is 0 Å². The van der Waals surface area contributed by atoms with Crippen molar-refractivity contribution in [2.75, 3.05) is 37.7 Å². The van der Waals surface area contributed by atoms with E-state index in [1.807, 2.05) is 24.0 Å². The van der Waals surface area contributed by atoms with Crippen molar-refractivity contribution in [3.8, 4) is 0 Å². The van der Waals surface area contributed by atoms with Gasteiger partial charge in [0.05, 0.1) is 38.0 Å². The van der Waals surface area contributed by atoms with Crippen LogP contribution in [0.15, 0.2) is 30.5 Å². The third-order valence-electron chi connectivity index (χ3n) is 5.37. The molecule has 2 aromatic rings. The standard InChI is InChI=1S/C20H24FN5O2/c1-15-3-6-18(24-23-15)25-8-2-7-20(13-25)14-26(9-10-28-20)19(27)11-17-5-4-16(21)12-22-17/h3-6,12H,2,7-11,13-14H2,1H3. The zero-order valence-electron chi connectivity index (χ0n) is 16.0. The molecule has 2 aliphatic rings. The molecule has 2 aromatic heterocycles. The van der Waals surface area contributed by atoms with Gasteiger partial charge < -0.3 is 14.5 Å². The summed E-state index contributed by atoms with van der Waals surface area (Å²) in [4.78, 5) is 20.8. The SMILES string of the molecule is Cc1ccc(N2CCCC3(CN(C(=O)Cc4ccc(F)cn4)CCO3)C2)nn1. The molecule has 0 bridgehead atoms. The number of ether oxygens (including phenoxy) is 1. The van der Waals surface area contributed by atoms with Crippen LogP contribution in [0.2, 0.25) is 0 Å². The Balaban J connectivity index is 1.43. The average Bonchev–Trinajstić information content (AvgIpc) is 2.70. The molecule has 0 radical (unpaired) electrons. The number of pyridine rings is 1. The molecule has 148 valence electrons. The average molecular weight is 385 g/mol. The minimum atomic E-state index is -0.400. The van der Waals surface area contributed by atoms with Crippen LogP contribution in [0.1, 0.15) is 24.2 Å². The van der Waals surface area contributed by atoms with Crippen molar-refractivity contribution in [1.29, 1.82) is 0 Å². The zero-order chi connectivity index (χ0) is 19.6. The number of piperidine rings is 1. The fourth-order valence-corrected chi connectivity index (χ4v) is 3.94. The molecule has 4 rings (SSSR count). The third kappa shape index (κ3) is 4.11. The lowest BCUT2D eigenvalue weighted by Crippen LogP contribution is -2.61. The molecule has 0 saturated carbocycles. The summed E-state index contributed by atoms with van der Waals surface area (Å²) in [5, 5.41) is 8.45. The van der Waals surface area contributed by atoms with Gasteiger partial charge in [-0.15, -0.1) is 5.10 Å². The molecular weight excluding hydrogens is 361 g/mol. The second-order valence-corrected chi connectivity index (χ2v) is 7.55. The van der Waals surface area contributed by atoms with Crippen molar-refractivity contribution in [2.45, 2.75) is 31.8 Å². The van der Waals surface area contributed by atoms with Crippen LogP contribution < -0.4 is 4.90 Å². The lowest BCUT2D eigenvalue weighted by atomic mass is 9.90. The predicted molar refractivity (Wildman–Crippen MR) is 101 cm³/mol. The summed E-state index contributed by atoms with van der Waals surface area (Å²) in [5.41, 5.74) is 1.07. The third-order valence-corrected chi connectivity index (χ3v) is 5.37. The second-order valence-electron chi connectivity index (χ2n) is 7.55. The number of aromatic nitrogens is 3. The first-order valence-corrected chi connectivity index (χ1v) is 9.60. The highest BCUT2D eigenvalue weighted by atomic mass is 19.1. The van der Waals surface area contributed by atoms with Crippen LogP contribution in [-0.2, 0) is 16.0 Å². The number of nitrogens with zero attached hydrogens (tertiary/aromatic N) is 5. The van der Waals surface area contributed by atoms with Crippen LogP contribution in [0.5, 0.6) is 0 Å². The van der Waals surface area contributed by atoms with Gasteiger partial charge in [0.2, 0.25) is 5.91 Å². The van der Waals surface area contributed by atoms with E-state index < -0.39 is 11.4 Å². The van der Waals surface area contributed by atoms with Crippen molar-refractivity contribution in [3.05, 3.63) is 47.7 Å². The molecule has 28 heavy (non-hydrogen) atoms. The van der Waals surface area contributed by atoms with E-state index in [2.05, 4.69) is 20.1 Å². The molecule has 8 heteroatoms. The highest BCUT2D eigenvalue weighted by Gasteiger charge is 2.42. The first-order valence-electron chi connectivity index (χ1n) is 9.60. The summed E-state index contributed by atoms with van der Waals surface area (Å²) in [6, 6.07) is 6.82. The van der Waals surface area contributed by atoms with Crippen LogP contribution in [-0.4, -0.2) is 64.4 Å². The fourth-order valence-electron chi connectivity index (χ4n) is 3.94. The normalized spacial score (nSPS) is 22.5. The minimum Gasteiger partial charge on any atom is -0.369 e. The van der Waals surface area contributed by atoms with E-state index in [0.29, 0.717) is 31.9 Å². The van der Waals surface area contributed by atoms with Gasteiger partial charge in [0.25, 0.3) is 0 Å². The zero-order valence-corrected chi connectivity index (χ0v) is 16.0. The van der Waals surface area contributed by atoms with Crippen LogP contribution in [0.25, 0.3) is 0 Å². The van der Waals surface area contributed by atoms with Crippen LogP contribution in [0.4, 0.5) is 10.2 Å². The summed E-state index contributed by atoms with van der Waals surface area (Å²) in [6.45, 7) is 5.11. The van der Waals surface area contributed by atoms with Crippen LogP contribution in [0.3, 0.4) is 0 Å². The lowest BCUT2D eigenvalue weighted by Gasteiger charge is -2.48. The molecule has 0 aromatic carbocycles. The van der Waals surface area contributed by atoms with Gasteiger partial charge in [-0.3, -0.25) is 9.78 Å². The molecule has 0 aliphatic carbocycles. The van der Waals surface area contributed by atoms with Gasteiger partial charge in [-0.1, -0.05) is 0 Å². The smallest absolute Gasteiger partial charge is 0.228 e.